The van der Waals surface area contributed by atoms with Crippen molar-refractivity contribution in [1.29, 1.82) is 0 Å². The number of hydrogen-bond donors (Lipinski definition) is 1. The molecule has 0 aliphatic heterocycles. The molecule has 0 radical (unpaired) electrons. The van der Waals surface area contributed by atoms with Crippen LogP contribution in [0.5, 0.6) is 0 Å². The number of amides is 1. The van der Waals surface area contributed by atoms with E-state index in [1.54, 1.807) is 30.3 Å². The highest BCUT2D eigenvalue weighted by Crippen LogP contribution is 2.20. The summed E-state index contributed by atoms with van der Waals surface area (Å²) in [6, 6.07) is 8.11. The normalized spacial score (nSPS) is 12.6. The van der Waals surface area contributed by atoms with E-state index in [-0.39, 0.29) is 29.0 Å². The fraction of sp³-hybridized carbons (Fsp3) is 0.333. The van der Waals surface area contributed by atoms with E-state index in [4.69, 9.17) is 0 Å². The molecule has 1 aromatic carbocycles. The molecule has 7 heteroatoms. The number of nitrogens with one attached hydrogen (secondary N) is 1. The third-order valence-corrected chi connectivity index (χ3v) is 6.03. The molecule has 0 aliphatic carbocycles. The van der Waals surface area contributed by atoms with Crippen LogP contribution in [0.15, 0.2) is 40.6 Å². The van der Waals surface area contributed by atoms with Gasteiger partial charge in [0.1, 0.15) is 0 Å². The number of benzene rings is 1. The van der Waals surface area contributed by atoms with E-state index in [0.29, 0.717) is 11.3 Å². The van der Waals surface area contributed by atoms with E-state index in [9.17, 15) is 18.0 Å². The van der Waals surface area contributed by atoms with E-state index in [0.717, 1.165) is 17.4 Å². The molecule has 1 atom stereocenters. The molecule has 25 heavy (non-hydrogen) atoms. The van der Waals surface area contributed by atoms with Crippen molar-refractivity contribution in [1.82, 2.24) is 5.32 Å². The molecule has 0 saturated heterocycles. The van der Waals surface area contributed by atoms with E-state index >= 15 is 0 Å². The predicted molar refractivity (Wildman–Crippen MR) is 98.8 cm³/mol. The van der Waals surface area contributed by atoms with Crippen LogP contribution in [0.1, 0.15) is 47.1 Å². The van der Waals surface area contributed by atoms with Gasteiger partial charge in [-0.15, -0.1) is 11.3 Å². The van der Waals surface area contributed by atoms with Crippen LogP contribution in [-0.4, -0.2) is 26.4 Å². The number of rotatable bonds is 7. The lowest BCUT2D eigenvalue weighted by Gasteiger charge is -2.17. The van der Waals surface area contributed by atoms with Gasteiger partial charge in [0.15, 0.2) is 15.6 Å². The summed E-state index contributed by atoms with van der Waals surface area (Å²) >= 11 is 1.34. The largest absolute Gasteiger partial charge is 0.349 e. The summed E-state index contributed by atoms with van der Waals surface area (Å²) in [7, 11) is -3.23. The zero-order valence-corrected chi connectivity index (χ0v) is 16.0. The number of sulfone groups is 1. The minimum absolute atomic E-state index is 0.00550. The first-order valence-corrected chi connectivity index (χ1v) is 10.7. The van der Waals surface area contributed by atoms with Crippen molar-refractivity contribution < 1.29 is 18.0 Å². The first-order valence-electron chi connectivity index (χ1n) is 7.88. The van der Waals surface area contributed by atoms with Gasteiger partial charge in [0.05, 0.1) is 22.2 Å². The molecule has 5 nitrogen and oxygen atoms in total. The predicted octanol–water partition coefficient (Wildman–Crippen LogP) is 3.16. The molecule has 0 bridgehead atoms. The number of Topliss-reactive ketones (excluding diaryl/α,β-unsaturated/α-hetero) is 1. The highest BCUT2D eigenvalue weighted by molar-refractivity contribution is 7.90. The molecule has 2 rings (SSSR count). The molecule has 1 heterocycles. The number of thiophene rings is 1. The topological polar surface area (TPSA) is 80.3 Å². The highest BCUT2D eigenvalue weighted by Gasteiger charge is 2.15. The van der Waals surface area contributed by atoms with Crippen LogP contribution in [0.2, 0.25) is 0 Å². The molecular formula is C18H21NO4S2. The van der Waals surface area contributed by atoms with E-state index in [1.807, 2.05) is 12.3 Å². The Morgan fingerprint density at radius 2 is 1.84 bits per heavy atom. The van der Waals surface area contributed by atoms with Gasteiger partial charge >= 0.3 is 0 Å². The van der Waals surface area contributed by atoms with Crippen molar-refractivity contribution in [3.8, 4) is 0 Å². The van der Waals surface area contributed by atoms with Crippen LogP contribution < -0.4 is 5.32 Å². The van der Waals surface area contributed by atoms with Crippen molar-refractivity contribution >= 4 is 32.9 Å². The van der Waals surface area contributed by atoms with Crippen LogP contribution in [-0.2, 0) is 21.1 Å². The van der Waals surface area contributed by atoms with Crippen molar-refractivity contribution in [3.05, 3.63) is 51.7 Å². The van der Waals surface area contributed by atoms with Crippen LogP contribution in [0.4, 0.5) is 0 Å². The summed E-state index contributed by atoms with van der Waals surface area (Å²) < 4.78 is 23.0. The molecule has 0 fully saturated rings. The summed E-state index contributed by atoms with van der Waals surface area (Å²) in [5.41, 5.74) is 1.67. The minimum atomic E-state index is -3.23. The number of carbonyl (C=O) groups excluding carboxylic acids is 2. The van der Waals surface area contributed by atoms with Gasteiger partial charge in [-0.05, 0) is 48.1 Å². The average molecular weight is 380 g/mol. The van der Waals surface area contributed by atoms with Gasteiger partial charge in [-0.25, -0.2) is 8.42 Å². The second-order valence-electron chi connectivity index (χ2n) is 5.92. The third-order valence-electron chi connectivity index (χ3n) is 3.82. The standard InChI is InChI=1S/C18H21NO4S2/c1-4-16(14-5-7-15(8-6-14)25(3,22)23)19-18(21)10-13-9-17(12(2)20)24-11-13/h5-9,11,16H,4,10H2,1-3H3,(H,19,21)/t16-/m1/s1. The maximum atomic E-state index is 12.3. The second kappa shape index (κ2) is 7.93. The Labute approximate surface area is 152 Å². The Hall–Kier alpha value is -1.99. The van der Waals surface area contributed by atoms with Gasteiger partial charge in [0.2, 0.25) is 5.91 Å². The molecule has 0 aliphatic rings. The van der Waals surface area contributed by atoms with Crippen LogP contribution in [0.3, 0.4) is 0 Å². The summed E-state index contributed by atoms with van der Waals surface area (Å²) in [5.74, 6) is -0.138. The van der Waals surface area contributed by atoms with Gasteiger partial charge in [0, 0.05) is 6.26 Å². The summed E-state index contributed by atoms with van der Waals surface area (Å²) in [6.45, 7) is 3.46. The fourth-order valence-electron chi connectivity index (χ4n) is 2.45. The lowest BCUT2D eigenvalue weighted by atomic mass is 10.0. The monoisotopic (exact) mass is 379 g/mol. The highest BCUT2D eigenvalue weighted by atomic mass is 32.2. The van der Waals surface area contributed by atoms with Crippen molar-refractivity contribution in [2.75, 3.05) is 6.26 Å². The third kappa shape index (κ3) is 5.24. The number of carbonyl (C=O) groups is 2. The van der Waals surface area contributed by atoms with Gasteiger partial charge in [-0.3, -0.25) is 9.59 Å². The van der Waals surface area contributed by atoms with E-state index in [1.165, 1.54) is 18.3 Å². The molecular weight excluding hydrogens is 358 g/mol. The molecule has 134 valence electrons. The zero-order valence-electron chi connectivity index (χ0n) is 14.4. The minimum Gasteiger partial charge on any atom is -0.349 e. The SMILES string of the molecule is CC[C@@H](NC(=O)Cc1csc(C(C)=O)c1)c1ccc(S(C)(=O)=O)cc1. The molecule has 0 unspecified atom stereocenters. The lowest BCUT2D eigenvalue weighted by Crippen LogP contribution is -2.29. The molecule has 1 N–H and O–H groups in total. The Kier molecular flexibility index (Phi) is 6.13. The Balaban J connectivity index is 2.05. The van der Waals surface area contributed by atoms with Gasteiger partial charge in [-0.2, -0.15) is 0 Å². The Bertz CT molecular complexity index is 867. The van der Waals surface area contributed by atoms with Crippen LogP contribution in [0, 0.1) is 0 Å². The Morgan fingerprint density at radius 3 is 2.32 bits per heavy atom. The van der Waals surface area contributed by atoms with Gasteiger partial charge in [-0.1, -0.05) is 19.1 Å². The van der Waals surface area contributed by atoms with Crippen LogP contribution in [0.25, 0.3) is 0 Å². The summed E-state index contributed by atoms with van der Waals surface area (Å²) in [4.78, 5) is 24.5. The van der Waals surface area contributed by atoms with Crippen molar-refractivity contribution in [3.63, 3.8) is 0 Å². The molecule has 0 spiro atoms. The molecule has 1 amide bonds. The van der Waals surface area contributed by atoms with Crippen LogP contribution >= 0.6 is 11.3 Å². The average Bonchev–Trinajstić information content (AvgIpc) is 3.00. The Morgan fingerprint density at radius 1 is 1.20 bits per heavy atom. The fourth-order valence-corrected chi connectivity index (χ4v) is 3.90. The molecule has 2 aromatic rings. The lowest BCUT2D eigenvalue weighted by molar-refractivity contribution is -0.121. The van der Waals surface area contributed by atoms with Gasteiger partial charge < -0.3 is 5.32 Å². The van der Waals surface area contributed by atoms with E-state index in [2.05, 4.69) is 5.32 Å². The van der Waals surface area contributed by atoms with Crippen molar-refractivity contribution in [2.45, 2.75) is 37.6 Å². The number of hydrogen-bond acceptors (Lipinski definition) is 5. The van der Waals surface area contributed by atoms with E-state index < -0.39 is 9.84 Å². The summed E-state index contributed by atoms with van der Waals surface area (Å²) in [6.07, 6.45) is 2.06. The molecule has 1 aromatic heterocycles. The quantitative estimate of drug-likeness (QED) is 0.749. The second-order valence-corrected chi connectivity index (χ2v) is 8.85. The maximum absolute atomic E-state index is 12.3. The maximum Gasteiger partial charge on any atom is 0.224 e. The first-order chi connectivity index (χ1) is 11.7. The van der Waals surface area contributed by atoms with Crippen molar-refractivity contribution in [2.24, 2.45) is 0 Å². The molecule has 0 saturated carbocycles. The first kappa shape index (κ1) is 19.3. The van der Waals surface area contributed by atoms with Gasteiger partial charge in [0.25, 0.3) is 0 Å². The zero-order chi connectivity index (χ0) is 18.6. The summed E-state index contributed by atoms with van der Waals surface area (Å²) in [5, 5.41) is 4.78. The smallest absolute Gasteiger partial charge is 0.224 e. The number of ketones is 1.